The molecule has 2 rings (SSSR count). The van der Waals surface area contributed by atoms with Crippen molar-refractivity contribution in [2.24, 2.45) is 0 Å². The summed E-state index contributed by atoms with van der Waals surface area (Å²) in [6.07, 6.45) is 4.62. The van der Waals surface area contributed by atoms with Crippen LogP contribution in [-0.2, 0) is 14.6 Å². The minimum absolute atomic E-state index is 0.0842. The van der Waals surface area contributed by atoms with Gasteiger partial charge in [0.15, 0.2) is 9.84 Å². The van der Waals surface area contributed by atoms with E-state index in [1.807, 2.05) is 6.07 Å². The molecule has 1 aliphatic heterocycles. The zero-order chi connectivity index (χ0) is 16.5. The lowest BCUT2D eigenvalue weighted by molar-refractivity contribution is -0.129. The van der Waals surface area contributed by atoms with Crippen LogP contribution in [0.15, 0.2) is 41.3 Å². The van der Waals surface area contributed by atoms with Crippen molar-refractivity contribution >= 4 is 33.4 Å². The molecular formula is C16H18ClNO3S. The van der Waals surface area contributed by atoms with Crippen LogP contribution in [0.3, 0.4) is 0 Å². The Morgan fingerprint density at radius 2 is 2.00 bits per heavy atom. The van der Waals surface area contributed by atoms with Gasteiger partial charge in [-0.2, -0.15) is 0 Å². The number of carbonyl (C=O) groups is 1. The first kappa shape index (κ1) is 16.8. The predicted octanol–water partition coefficient (Wildman–Crippen LogP) is 2.90. The molecular weight excluding hydrogens is 322 g/mol. The molecule has 1 aromatic rings. The zero-order valence-electron chi connectivity index (χ0n) is 12.7. The van der Waals surface area contributed by atoms with E-state index in [0.717, 1.165) is 5.56 Å². The van der Waals surface area contributed by atoms with Gasteiger partial charge in [0.2, 0.25) is 0 Å². The first-order chi connectivity index (χ1) is 10.1. The summed E-state index contributed by atoms with van der Waals surface area (Å²) in [6, 6.07) is 7.15. The number of likely N-dealkylation sites (N-methyl/N-ethyl adjacent to an activating group) is 1. The molecule has 0 unspecified atom stereocenters. The van der Waals surface area contributed by atoms with E-state index in [4.69, 9.17) is 11.6 Å². The minimum Gasteiger partial charge on any atom is -0.335 e. The Labute approximate surface area is 136 Å². The topological polar surface area (TPSA) is 54.5 Å². The third kappa shape index (κ3) is 3.42. The van der Waals surface area contributed by atoms with Crippen LogP contribution in [0.4, 0.5) is 0 Å². The van der Waals surface area contributed by atoms with Gasteiger partial charge in [0.05, 0.1) is 11.3 Å². The summed E-state index contributed by atoms with van der Waals surface area (Å²) in [5.74, 6) is -0.564. The Balaban J connectivity index is 2.32. The smallest absolute Gasteiger partial charge is 0.265 e. The van der Waals surface area contributed by atoms with Crippen LogP contribution < -0.4 is 0 Å². The summed E-state index contributed by atoms with van der Waals surface area (Å²) in [5.41, 5.74) is 0.128. The molecule has 0 atom stereocenters. The van der Waals surface area contributed by atoms with Gasteiger partial charge in [0, 0.05) is 12.1 Å². The Kier molecular flexibility index (Phi) is 4.49. The van der Waals surface area contributed by atoms with Gasteiger partial charge in [0.1, 0.15) is 4.91 Å². The van der Waals surface area contributed by atoms with Crippen molar-refractivity contribution in [2.45, 2.75) is 19.4 Å². The van der Waals surface area contributed by atoms with Crippen molar-refractivity contribution in [3.8, 4) is 0 Å². The standard InChI is InChI=1S/C16H18ClNO3S/c1-16(2)11-22(20,21)14(15(19)18(16)3)9-5-7-12-6-4-8-13(17)10-12/h4-10H,11H2,1-3H3/b7-5+,14-9+. The van der Waals surface area contributed by atoms with Crippen LogP contribution >= 0.6 is 11.6 Å². The monoisotopic (exact) mass is 339 g/mol. The third-order valence-corrected chi connectivity index (χ3v) is 5.99. The molecule has 1 amide bonds. The minimum atomic E-state index is -3.58. The summed E-state index contributed by atoms with van der Waals surface area (Å²) in [4.78, 5) is 13.6. The fourth-order valence-corrected chi connectivity index (χ4v) is 4.41. The lowest BCUT2D eigenvalue weighted by Crippen LogP contribution is -2.55. The molecule has 0 aliphatic carbocycles. The second-order valence-corrected chi connectivity index (χ2v) is 8.28. The number of rotatable bonds is 2. The van der Waals surface area contributed by atoms with Crippen LogP contribution in [0, 0.1) is 0 Å². The number of hydrogen-bond acceptors (Lipinski definition) is 3. The van der Waals surface area contributed by atoms with Crippen molar-refractivity contribution < 1.29 is 13.2 Å². The molecule has 0 aromatic heterocycles. The van der Waals surface area contributed by atoms with Crippen LogP contribution in [0.2, 0.25) is 5.02 Å². The quantitative estimate of drug-likeness (QED) is 0.778. The van der Waals surface area contributed by atoms with E-state index in [2.05, 4.69) is 0 Å². The van der Waals surface area contributed by atoms with E-state index in [1.54, 1.807) is 51.2 Å². The average Bonchev–Trinajstić information content (AvgIpc) is 2.39. The van der Waals surface area contributed by atoms with Crippen LogP contribution in [0.1, 0.15) is 19.4 Å². The molecule has 1 saturated heterocycles. The van der Waals surface area contributed by atoms with Crippen molar-refractivity contribution in [3.05, 3.63) is 51.9 Å². The highest BCUT2D eigenvalue weighted by molar-refractivity contribution is 7.96. The highest BCUT2D eigenvalue weighted by Gasteiger charge is 2.43. The zero-order valence-corrected chi connectivity index (χ0v) is 14.3. The van der Waals surface area contributed by atoms with Gasteiger partial charge in [0.25, 0.3) is 5.91 Å². The second kappa shape index (κ2) is 5.89. The van der Waals surface area contributed by atoms with E-state index in [1.165, 1.54) is 11.0 Å². The molecule has 1 fully saturated rings. The maximum atomic E-state index is 12.3. The molecule has 1 aromatic carbocycles. The fourth-order valence-electron chi connectivity index (χ4n) is 2.24. The molecule has 0 bridgehead atoms. The summed E-state index contributed by atoms with van der Waals surface area (Å²) < 4.78 is 24.6. The van der Waals surface area contributed by atoms with Gasteiger partial charge < -0.3 is 4.90 Å². The fraction of sp³-hybridized carbons (Fsp3) is 0.312. The molecule has 0 saturated carbocycles. The average molecular weight is 340 g/mol. The summed E-state index contributed by atoms with van der Waals surface area (Å²) in [7, 11) is -1.97. The Bertz CT molecular complexity index is 763. The van der Waals surface area contributed by atoms with Crippen molar-refractivity contribution in [3.63, 3.8) is 0 Å². The summed E-state index contributed by atoms with van der Waals surface area (Å²) >= 11 is 5.89. The van der Waals surface area contributed by atoms with Crippen LogP contribution in [0.5, 0.6) is 0 Å². The highest BCUT2D eigenvalue weighted by atomic mass is 35.5. The number of carbonyl (C=O) groups excluding carboxylic acids is 1. The third-order valence-electron chi connectivity index (χ3n) is 3.69. The maximum Gasteiger partial charge on any atom is 0.265 e. The van der Waals surface area contributed by atoms with E-state index >= 15 is 0 Å². The molecule has 1 aliphatic rings. The van der Waals surface area contributed by atoms with Gasteiger partial charge in [-0.05, 0) is 37.6 Å². The van der Waals surface area contributed by atoms with E-state index in [9.17, 15) is 13.2 Å². The molecule has 1 heterocycles. The molecule has 0 N–H and O–H groups in total. The van der Waals surface area contributed by atoms with Crippen molar-refractivity contribution in [2.75, 3.05) is 12.8 Å². The van der Waals surface area contributed by atoms with Gasteiger partial charge in [-0.3, -0.25) is 4.79 Å². The van der Waals surface area contributed by atoms with Crippen molar-refractivity contribution in [1.82, 2.24) is 4.90 Å². The summed E-state index contributed by atoms with van der Waals surface area (Å²) in [5, 5.41) is 0.595. The predicted molar refractivity (Wildman–Crippen MR) is 89.2 cm³/mol. The molecule has 0 radical (unpaired) electrons. The number of benzene rings is 1. The van der Waals surface area contributed by atoms with E-state index in [0.29, 0.717) is 5.02 Å². The first-order valence-corrected chi connectivity index (χ1v) is 8.81. The number of sulfone groups is 1. The molecule has 6 heteroatoms. The van der Waals surface area contributed by atoms with Crippen molar-refractivity contribution in [1.29, 1.82) is 0 Å². The number of allylic oxidation sites excluding steroid dienone is 2. The molecule has 4 nitrogen and oxygen atoms in total. The number of hydrogen-bond donors (Lipinski definition) is 0. The highest BCUT2D eigenvalue weighted by Crippen LogP contribution is 2.28. The second-order valence-electron chi connectivity index (χ2n) is 5.88. The van der Waals surface area contributed by atoms with Gasteiger partial charge in [-0.1, -0.05) is 35.9 Å². The van der Waals surface area contributed by atoms with Crippen LogP contribution in [0.25, 0.3) is 6.08 Å². The van der Waals surface area contributed by atoms with E-state index < -0.39 is 21.3 Å². The van der Waals surface area contributed by atoms with Gasteiger partial charge in [-0.15, -0.1) is 0 Å². The Hall–Kier alpha value is -1.59. The lowest BCUT2D eigenvalue weighted by atomic mass is 10.1. The largest absolute Gasteiger partial charge is 0.335 e. The molecule has 0 spiro atoms. The Morgan fingerprint density at radius 1 is 1.32 bits per heavy atom. The molecule has 22 heavy (non-hydrogen) atoms. The first-order valence-electron chi connectivity index (χ1n) is 6.78. The number of halogens is 1. The summed E-state index contributed by atoms with van der Waals surface area (Å²) in [6.45, 7) is 3.47. The SMILES string of the molecule is CN1C(=O)/C(=C\C=C\c2cccc(Cl)c2)S(=O)(=O)CC1(C)C. The van der Waals surface area contributed by atoms with Gasteiger partial charge >= 0.3 is 0 Å². The maximum absolute atomic E-state index is 12.3. The Morgan fingerprint density at radius 3 is 2.64 bits per heavy atom. The normalized spacial score (nSPS) is 22.5. The van der Waals surface area contributed by atoms with Crippen LogP contribution in [-0.4, -0.2) is 37.6 Å². The lowest BCUT2D eigenvalue weighted by Gasteiger charge is -2.39. The number of nitrogens with zero attached hydrogens (tertiary/aromatic N) is 1. The van der Waals surface area contributed by atoms with E-state index in [-0.39, 0.29) is 10.7 Å². The number of amides is 1. The van der Waals surface area contributed by atoms with Gasteiger partial charge in [-0.25, -0.2) is 8.42 Å². The molecule has 118 valence electrons.